The van der Waals surface area contributed by atoms with Crippen LogP contribution in [0.15, 0.2) is 54.6 Å². The molecule has 110 valence electrons. The van der Waals surface area contributed by atoms with Crippen molar-refractivity contribution in [3.05, 3.63) is 71.3 Å². The molecular formula is C19H22O2. The van der Waals surface area contributed by atoms with E-state index in [9.17, 15) is 9.59 Å². The molecule has 0 amide bonds. The molecule has 0 saturated carbocycles. The van der Waals surface area contributed by atoms with E-state index in [0.29, 0.717) is 11.1 Å². The Morgan fingerprint density at radius 1 is 0.857 bits per heavy atom. The predicted octanol–water partition coefficient (Wildman–Crippen LogP) is 4.64. The topological polar surface area (TPSA) is 34.1 Å². The molecule has 0 bridgehead atoms. The summed E-state index contributed by atoms with van der Waals surface area (Å²) in [6, 6.07) is 16.5. The van der Waals surface area contributed by atoms with Crippen molar-refractivity contribution in [1.29, 1.82) is 0 Å². The monoisotopic (exact) mass is 282 g/mol. The molecule has 0 spiro atoms. The van der Waals surface area contributed by atoms with Crippen LogP contribution in [-0.4, -0.2) is 11.6 Å². The van der Waals surface area contributed by atoms with Gasteiger partial charge in [-0.1, -0.05) is 69.3 Å². The van der Waals surface area contributed by atoms with Gasteiger partial charge in [0.2, 0.25) is 0 Å². The van der Waals surface area contributed by atoms with Crippen LogP contribution in [0.25, 0.3) is 0 Å². The van der Waals surface area contributed by atoms with Gasteiger partial charge in [-0.3, -0.25) is 9.59 Å². The number of hydrogen-bond acceptors (Lipinski definition) is 2. The van der Waals surface area contributed by atoms with Crippen LogP contribution >= 0.6 is 0 Å². The second-order valence-corrected chi connectivity index (χ2v) is 4.65. The molecule has 2 aromatic carbocycles. The molecule has 2 rings (SSSR count). The fourth-order valence-corrected chi connectivity index (χ4v) is 1.94. The van der Waals surface area contributed by atoms with E-state index in [1.165, 1.54) is 0 Å². The lowest BCUT2D eigenvalue weighted by molar-refractivity contribution is -0.118. The average Bonchev–Trinajstić information content (AvgIpc) is 2.56. The first-order chi connectivity index (χ1) is 10.1. The van der Waals surface area contributed by atoms with Gasteiger partial charge in [0.25, 0.3) is 0 Å². The van der Waals surface area contributed by atoms with Crippen LogP contribution in [-0.2, 0) is 4.79 Å². The standard InChI is InChI=1S/C17H16O2.C2H6/c1-12(13(2)18)15-9-6-10-16(11-15)17(19)14-7-4-3-5-8-14;1-2/h3-12H,1-2H3;1-2H3. The fourth-order valence-electron chi connectivity index (χ4n) is 1.94. The number of ketones is 2. The van der Waals surface area contributed by atoms with Crippen molar-refractivity contribution in [2.24, 2.45) is 0 Å². The molecule has 0 aliphatic rings. The molecular weight excluding hydrogens is 260 g/mol. The lowest BCUT2D eigenvalue weighted by Crippen LogP contribution is -2.07. The Morgan fingerprint density at radius 3 is 2.00 bits per heavy atom. The largest absolute Gasteiger partial charge is 0.299 e. The van der Waals surface area contributed by atoms with E-state index in [-0.39, 0.29) is 17.5 Å². The molecule has 0 radical (unpaired) electrons. The van der Waals surface area contributed by atoms with E-state index in [4.69, 9.17) is 0 Å². The zero-order valence-corrected chi connectivity index (χ0v) is 13.1. The summed E-state index contributed by atoms with van der Waals surface area (Å²) in [6.07, 6.45) is 0. The Hall–Kier alpha value is -2.22. The van der Waals surface area contributed by atoms with Crippen LogP contribution in [0, 0.1) is 0 Å². The minimum absolute atomic E-state index is 0.0156. The Balaban J connectivity index is 0.00000106. The lowest BCUT2D eigenvalue weighted by Gasteiger charge is -2.09. The first-order valence-corrected chi connectivity index (χ1v) is 7.29. The van der Waals surface area contributed by atoms with Gasteiger partial charge in [-0.05, 0) is 18.6 Å². The van der Waals surface area contributed by atoms with Crippen molar-refractivity contribution >= 4 is 11.6 Å². The van der Waals surface area contributed by atoms with Gasteiger partial charge in [0.1, 0.15) is 5.78 Å². The molecule has 2 heteroatoms. The summed E-state index contributed by atoms with van der Waals surface area (Å²) < 4.78 is 0. The number of carbonyl (C=O) groups is 2. The molecule has 0 N–H and O–H groups in total. The highest BCUT2D eigenvalue weighted by atomic mass is 16.1. The fraction of sp³-hybridized carbons (Fsp3) is 0.263. The van der Waals surface area contributed by atoms with Crippen LogP contribution in [0.5, 0.6) is 0 Å². The molecule has 0 saturated heterocycles. The minimum Gasteiger partial charge on any atom is -0.299 e. The third-order valence-electron chi connectivity index (χ3n) is 3.29. The first-order valence-electron chi connectivity index (χ1n) is 7.29. The van der Waals surface area contributed by atoms with E-state index in [2.05, 4.69) is 0 Å². The molecule has 0 aliphatic heterocycles. The van der Waals surface area contributed by atoms with E-state index in [0.717, 1.165) is 5.56 Å². The maximum absolute atomic E-state index is 12.3. The quantitative estimate of drug-likeness (QED) is 0.766. The molecule has 1 atom stereocenters. The summed E-state index contributed by atoms with van der Waals surface area (Å²) in [5.74, 6) is -0.0916. The van der Waals surface area contributed by atoms with Crippen molar-refractivity contribution < 1.29 is 9.59 Å². The normalized spacial score (nSPS) is 11.0. The van der Waals surface area contributed by atoms with Gasteiger partial charge in [-0.15, -0.1) is 0 Å². The van der Waals surface area contributed by atoms with Crippen molar-refractivity contribution in [3.63, 3.8) is 0 Å². The summed E-state index contributed by atoms with van der Waals surface area (Å²) in [4.78, 5) is 23.7. The molecule has 0 fully saturated rings. The van der Waals surface area contributed by atoms with Crippen molar-refractivity contribution in [3.8, 4) is 0 Å². The first kappa shape index (κ1) is 16.8. The van der Waals surface area contributed by atoms with E-state index in [1.54, 1.807) is 31.2 Å². The van der Waals surface area contributed by atoms with Crippen molar-refractivity contribution in [2.45, 2.75) is 33.6 Å². The zero-order valence-electron chi connectivity index (χ0n) is 13.1. The third-order valence-corrected chi connectivity index (χ3v) is 3.29. The Kier molecular flexibility index (Phi) is 6.54. The summed E-state index contributed by atoms with van der Waals surface area (Å²) >= 11 is 0. The maximum Gasteiger partial charge on any atom is 0.193 e. The van der Waals surface area contributed by atoms with Crippen LogP contribution in [0.2, 0.25) is 0 Å². The molecule has 0 aliphatic carbocycles. The Bertz CT molecular complexity index is 600. The number of Topliss-reactive ketones (excluding diaryl/α,β-unsaturated/α-hetero) is 1. The van der Waals surface area contributed by atoms with E-state index in [1.807, 2.05) is 51.1 Å². The second-order valence-electron chi connectivity index (χ2n) is 4.65. The molecule has 2 aromatic rings. The molecule has 2 nitrogen and oxygen atoms in total. The van der Waals surface area contributed by atoms with Gasteiger partial charge in [0.05, 0.1) is 0 Å². The number of carbonyl (C=O) groups excluding carboxylic acids is 2. The predicted molar refractivity (Wildman–Crippen MR) is 86.8 cm³/mol. The molecule has 21 heavy (non-hydrogen) atoms. The molecule has 1 unspecified atom stereocenters. The van der Waals surface area contributed by atoms with Crippen molar-refractivity contribution in [1.82, 2.24) is 0 Å². The number of hydrogen-bond donors (Lipinski definition) is 0. The summed E-state index contributed by atoms with van der Waals surface area (Å²) in [6.45, 7) is 7.42. The summed E-state index contributed by atoms with van der Waals surface area (Å²) in [5, 5.41) is 0. The second kappa shape index (κ2) is 8.15. The zero-order chi connectivity index (χ0) is 15.8. The Morgan fingerprint density at radius 2 is 1.43 bits per heavy atom. The minimum atomic E-state index is -0.177. The van der Waals surface area contributed by atoms with Gasteiger partial charge in [0, 0.05) is 17.0 Å². The van der Waals surface area contributed by atoms with Crippen LogP contribution < -0.4 is 0 Å². The average molecular weight is 282 g/mol. The van der Waals surface area contributed by atoms with Gasteiger partial charge in [-0.25, -0.2) is 0 Å². The maximum atomic E-state index is 12.3. The van der Waals surface area contributed by atoms with E-state index < -0.39 is 0 Å². The van der Waals surface area contributed by atoms with Crippen LogP contribution in [0.3, 0.4) is 0 Å². The van der Waals surface area contributed by atoms with Gasteiger partial charge >= 0.3 is 0 Å². The smallest absolute Gasteiger partial charge is 0.193 e. The number of rotatable bonds is 4. The van der Waals surface area contributed by atoms with Gasteiger partial charge < -0.3 is 0 Å². The lowest BCUT2D eigenvalue weighted by atomic mass is 9.94. The van der Waals surface area contributed by atoms with Crippen molar-refractivity contribution in [2.75, 3.05) is 0 Å². The highest BCUT2D eigenvalue weighted by Gasteiger charge is 2.14. The van der Waals surface area contributed by atoms with Gasteiger partial charge in [-0.2, -0.15) is 0 Å². The molecule has 0 heterocycles. The van der Waals surface area contributed by atoms with Crippen LogP contribution in [0.4, 0.5) is 0 Å². The third kappa shape index (κ3) is 4.38. The summed E-state index contributed by atoms with van der Waals surface area (Å²) in [7, 11) is 0. The SMILES string of the molecule is CC.CC(=O)C(C)c1cccc(C(=O)c2ccccc2)c1. The van der Waals surface area contributed by atoms with Crippen LogP contribution in [0.1, 0.15) is 55.1 Å². The summed E-state index contributed by atoms with van der Waals surface area (Å²) in [5.41, 5.74) is 2.17. The molecule has 0 aromatic heterocycles. The highest BCUT2D eigenvalue weighted by molar-refractivity contribution is 6.09. The van der Waals surface area contributed by atoms with E-state index >= 15 is 0 Å². The number of benzene rings is 2. The highest BCUT2D eigenvalue weighted by Crippen LogP contribution is 2.19. The van der Waals surface area contributed by atoms with Gasteiger partial charge in [0.15, 0.2) is 5.78 Å². The Labute approximate surface area is 126 Å².